The van der Waals surface area contributed by atoms with Crippen molar-refractivity contribution in [3.05, 3.63) is 82.0 Å². The minimum absolute atomic E-state index is 0.165. The average molecular weight is 407 g/mol. The molecule has 0 aliphatic heterocycles. The van der Waals surface area contributed by atoms with Crippen LogP contribution >= 0.6 is 11.3 Å². The SMILES string of the molecule is CC(=O)Nc1ccc(N[C@@H](NC(=O)c2cccs2)C(=O)c2ccc(C)cc2)cc1. The monoisotopic (exact) mass is 407 g/mol. The van der Waals surface area contributed by atoms with Gasteiger partial charge < -0.3 is 16.0 Å². The predicted octanol–water partition coefficient (Wildman–Crippen LogP) is 4.07. The summed E-state index contributed by atoms with van der Waals surface area (Å²) in [5.74, 6) is -0.741. The van der Waals surface area contributed by atoms with Crippen LogP contribution < -0.4 is 16.0 Å². The van der Waals surface area contributed by atoms with E-state index in [0.717, 1.165) is 5.56 Å². The van der Waals surface area contributed by atoms with Gasteiger partial charge >= 0.3 is 0 Å². The van der Waals surface area contributed by atoms with E-state index in [0.29, 0.717) is 21.8 Å². The number of ketones is 1. The molecular formula is C22H21N3O3S. The number of hydrogen-bond donors (Lipinski definition) is 3. The molecule has 0 bridgehead atoms. The van der Waals surface area contributed by atoms with Gasteiger partial charge in [-0.1, -0.05) is 35.9 Å². The zero-order valence-corrected chi connectivity index (χ0v) is 16.9. The highest BCUT2D eigenvalue weighted by Gasteiger charge is 2.23. The number of rotatable bonds is 7. The third-order valence-corrected chi connectivity index (χ3v) is 5.00. The minimum atomic E-state index is -0.945. The number of carbonyl (C=O) groups excluding carboxylic acids is 3. The van der Waals surface area contributed by atoms with Crippen LogP contribution in [0.5, 0.6) is 0 Å². The predicted molar refractivity (Wildman–Crippen MR) is 115 cm³/mol. The van der Waals surface area contributed by atoms with E-state index in [9.17, 15) is 14.4 Å². The molecule has 0 saturated carbocycles. The fourth-order valence-electron chi connectivity index (χ4n) is 2.68. The highest BCUT2D eigenvalue weighted by molar-refractivity contribution is 7.12. The van der Waals surface area contributed by atoms with Gasteiger partial charge in [-0.3, -0.25) is 14.4 Å². The standard InChI is InChI=1S/C22H21N3O3S/c1-14-5-7-16(8-6-14)20(27)21(25-22(28)19-4-3-13-29-19)24-18-11-9-17(10-12-18)23-15(2)26/h3-13,21,24H,1-2H3,(H,23,26)(H,25,28)/t21-/m0/s1. The van der Waals surface area contributed by atoms with E-state index in [1.165, 1.54) is 18.3 Å². The van der Waals surface area contributed by atoms with Crippen LogP contribution in [-0.2, 0) is 4.79 Å². The molecule has 3 aromatic rings. The first-order valence-electron chi connectivity index (χ1n) is 9.02. The Morgan fingerprint density at radius 1 is 0.897 bits per heavy atom. The first-order chi connectivity index (χ1) is 13.9. The van der Waals surface area contributed by atoms with Crippen molar-refractivity contribution in [3.63, 3.8) is 0 Å². The van der Waals surface area contributed by atoms with Crippen molar-refractivity contribution in [1.29, 1.82) is 0 Å². The molecule has 0 saturated heterocycles. The van der Waals surface area contributed by atoms with Gasteiger partial charge in [0.25, 0.3) is 5.91 Å². The topological polar surface area (TPSA) is 87.3 Å². The van der Waals surface area contributed by atoms with Gasteiger partial charge in [0.1, 0.15) is 0 Å². The summed E-state index contributed by atoms with van der Waals surface area (Å²) in [6.45, 7) is 3.38. The highest BCUT2D eigenvalue weighted by atomic mass is 32.1. The van der Waals surface area contributed by atoms with Crippen molar-refractivity contribution in [2.75, 3.05) is 10.6 Å². The number of nitrogens with one attached hydrogen (secondary N) is 3. The third kappa shape index (κ3) is 5.52. The second kappa shape index (κ2) is 9.16. The van der Waals surface area contributed by atoms with Crippen LogP contribution in [0.1, 0.15) is 32.5 Å². The number of thiophene rings is 1. The van der Waals surface area contributed by atoms with E-state index >= 15 is 0 Å². The van der Waals surface area contributed by atoms with Crippen LogP contribution in [0.3, 0.4) is 0 Å². The normalized spacial score (nSPS) is 11.4. The molecule has 29 heavy (non-hydrogen) atoms. The molecule has 0 aliphatic rings. The molecule has 1 aromatic heterocycles. The van der Waals surface area contributed by atoms with Gasteiger partial charge in [-0.2, -0.15) is 0 Å². The summed E-state index contributed by atoms with van der Waals surface area (Å²) in [7, 11) is 0. The summed E-state index contributed by atoms with van der Waals surface area (Å²) >= 11 is 1.31. The maximum atomic E-state index is 13.0. The number of Topliss-reactive ketones (excluding diaryl/α,β-unsaturated/α-hetero) is 1. The molecule has 1 atom stereocenters. The molecule has 0 unspecified atom stereocenters. The van der Waals surface area contributed by atoms with Gasteiger partial charge in [-0.15, -0.1) is 11.3 Å². The Labute approximate surface area is 173 Å². The van der Waals surface area contributed by atoms with Gasteiger partial charge in [0, 0.05) is 23.9 Å². The van der Waals surface area contributed by atoms with Gasteiger partial charge in [-0.25, -0.2) is 0 Å². The number of carbonyl (C=O) groups is 3. The van der Waals surface area contributed by atoms with Crippen molar-refractivity contribution < 1.29 is 14.4 Å². The number of anilines is 2. The molecule has 3 N–H and O–H groups in total. The lowest BCUT2D eigenvalue weighted by molar-refractivity contribution is -0.114. The second-order valence-electron chi connectivity index (χ2n) is 6.52. The average Bonchev–Trinajstić information content (AvgIpc) is 3.23. The molecule has 6 nitrogen and oxygen atoms in total. The smallest absolute Gasteiger partial charge is 0.263 e. The summed E-state index contributed by atoms with van der Waals surface area (Å²) in [5.41, 5.74) is 2.82. The van der Waals surface area contributed by atoms with Crippen LogP contribution in [0.25, 0.3) is 0 Å². The van der Waals surface area contributed by atoms with Crippen LogP contribution in [0.4, 0.5) is 11.4 Å². The Morgan fingerprint density at radius 2 is 1.55 bits per heavy atom. The zero-order valence-electron chi connectivity index (χ0n) is 16.1. The fourth-order valence-corrected chi connectivity index (χ4v) is 3.31. The van der Waals surface area contributed by atoms with Gasteiger partial charge in [-0.05, 0) is 42.6 Å². The molecule has 7 heteroatoms. The molecule has 148 valence electrons. The van der Waals surface area contributed by atoms with Crippen LogP contribution in [0.15, 0.2) is 66.0 Å². The Kier molecular flexibility index (Phi) is 6.41. The van der Waals surface area contributed by atoms with Crippen molar-refractivity contribution in [2.45, 2.75) is 20.0 Å². The van der Waals surface area contributed by atoms with E-state index in [4.69, 9.17) is 0 Å². The van der Waals surface area contributed by atoms with Gasteiger partial charge in [0.2, 0.25) is 11.7 Å². The summed E-state index contributed by atoms with van der Waals surface area (Å²) in [6.07, 6.45) is -0.945. The van der Waals surface area contributed by atoms with E-state index in [1.807, 2.05) is 19.1 Å². The first-order valence-corrected chi connectivity index (χ1v) is 9.90. The lowest BCUT2D eigenvalue weighted by atomic mass is 10.1. The molecule has 3 rings (SSSR count). The Bertz CT molecular complexity index is 997. The lowest BCUT2D eigenvalue weighted by Gasteiger charge is -2.20. The van der Waals surface area contributed by atoms with Gasteiger partial charge in [0.05, 0.1) is 4.88 Å². The molecule has 0 radical (unpaired) electrons. The second-order valence-corrected chi connectivity index (χ2v) is 7.46. The molecule has 0 fully saturated rings. The van der Waals surface area contributed by atoms with Crippen LogP contribution in [0, 0.1) is 6.92 Å². The molecule has 2 amide bonds. The molecule has 0 spiro atoms. The number of amides is 2. The van der Waals surface area contributed by atoms with Gasteiger partial charge in [0.15, 0.2) is 6.17 Å². The van der Waals surface area contributed by atoms with E-state index < -0.39 is 6.17 Å². The zero-order chi connectivity index (χ0) is 20.8. The highest BCUT2D eigenvalue weighted by Crippen LogP contribution is 2.16. The minimum Gasteiger partial charge on any atom is -0.359 e. The lowest BCUT2D eigenvalue weighted by Crippen LogP contribution is -2.46. The first kappa shape index (κ1) is 20.3. The van der Waals surface area contributed by atoms with Crippen molar-refractivity contribution >= 4 is 40.3 Å². The third-order valence-electron chi connectivity index (χ3n) is 4.13. The van der Waals surface area contributed by atoms with E-state index in [1.54, 1.807) is 53.9 Å². The molecular weight excluding hydrogens is 386 g/mol. The molecule has 2 aromatic carbocycles. The number of hydrogen-bond acceptors (Lipinski definition) is 5. The van der Waals surface area contributed by atoms with Crippen LogP contribution in [0.2, 0.25) is 0 Å². The van der Waals surface area contributed by atoms with E-state index in [-0.39, 0.29) is 17.6 Å². The Morgan fingerprint density at radius 3 is 2.14 bits per heavy atom. The summed E-state index contributed by atoms with van der Waals surface area (Å²) in [4.78, 5) is 37.3. The number of benzene rings is 2. The van der Waals surface area contributed by atoms with Crippen molar-refractivity contribution in [3.8, 4) is 0 Å². The maximum Gasteiger partial charge on any atom is 0.263 e. The molecule has 0 aliphatic carbocycles. The summed E-state index contributed by atoms with van der Waals surface area (Å²) < 4.78 is 0. The fraction of sp³-hybridized carbons (Fsp3) is 0.136. The summed E-state index contributed by atoms with van der Waals surface area (Å²) in [5, 5.41) is 10.3. The maximum absolute atomic E-state index is 13.0. The molecule has 1 heterocycles. The Balaban J connectivity index is 1.81. The Hall–Kier alpha value is -3.45. The van der Waals surface area contributed by atoms with Crippen LogP contribution in [-0.4, -0.2) is 23.8 Å². The van der Waals surface area contributed by atoms with Crippen molar-refractivity contribution in [1.82, 2.24) is 5.32 Å². The largest absolute Gasteiger partial charge is 0.359 e. The van der Waals surface area contributed by atoms with Crippen molar-refractivity contribution in [2.24, 2.45) is 0 Å². The summed E-state index contributed by atoms with van der Waals surface area (Å²) in [6, 6.07) is 17.6. The van der Waals surface area contributed by atoms with E-state index in [2.05, 4.69) is 16.0 Å². The quantitative estimate of drug-likeness (QED) is 0.407. The number of aryl methyl sites for hydroxylation is 1.